The van der Waals surface area contributed by atoms with Crippen molar-refractivity contribution in [3.63, 3.8) is 0 Å². The first-order valence-electron chi connectivity index (χ1n) is 23.5. The molecule has 8 aromatic rings. The van der Waals surface area contributed by atoms with E-state index >= 15 is 0 Å². The number of halogens is 1. The van der Waals surface area contributed by atoms with Gasteiger partial charge in [0.1, 0.15) is 21.7 Å². The van der Waals surface area contributed by atoms with Crippen molar-refractivity contribution in [1.82, 2.24) is 38.9 Å². The molecule has 352 valence electrons. The Hall–Kier alpha value is -4.88. The quantitative estimate of drug-likeness (QED) is 0.122. The molecule has 2 aromatic carbocycles. The SMILES string of the molecule is CC(C)N1CCc2c(c3ccc(Br)nc3n2C)C1.CC(C)N1CCc2c(c3ccc(Nc4ccc5nc(N6CCOCC6)sc5c4)nc3n2C)C1.Nc1ccc2nc(N3CCOCC3)sc2c1. The number of hydrogen-bond donors (Lipinski definition) is 2. The second-order valence-electron chi connectivity index (χ2n) is 18.4. The van der Waals surface area contributed by atoms with Crippen molar-refractivity contribution in [3.05, 3.63) is 87.8 Å². The highest BCUT2D eigenvalue weighted by molar-refractivity contribution is 9.10. The van der Waals surface area contributed by atoms with E-state index < -0.39 is 0 Å². The van der Waals surface area contributed by atoms with Crippen molar-refractivity contribution in [2.45, 2.75) is 65.7 Å². The van der Waals surface area contributed by atoms with Crippen LogP contribution in [0.15, 0.2) is 65.3 Å². The van der Waals surface area contributed by atoms with Gasteiger partial charge in [-0.3, -0.25) is 9.80 Å². The van der Waals surface area contributed by atoms with Gasteiger partial charge in [-0.1, -0.05) is 22.7 Å². The molecule has 0 bridgehead atoms. The van der Waals surface area contributed by atoms with Gasteiger partial charge in [0.2, 0.25) is 0 Å². The molecule has 4 aliphatic rings. The van der Waals surface area contributed by atoms with Crippen molar-refractivity contribution >= 4 is 109 Å². The predicted molar refractivity (Wildman–Crippen MR) is 281 cm³/mol. The highest BCUT2D eigenvalue weighted by Gasteiger charge is 2.26. The fraction of sp³-hybridized carbons (Fsp3) is 0.440. The molecule has 67 heavy (non-hydrogen) atoms. The van der Waals surface area contributed by atoms with Crippen LogP contribution >= 0.6 is 38.6 Å². The maximum Gasteiger partial charge on any atom is 0.186 e. The number of nitrogens with two attached hydrogens (primary N) is 1. The molecule has 2 fully saturated rings. The molecule has 17 heteroatoms. The summed E-state index contributed by atoms with van der Waals surface area (Å²) < 4.78 is 18.6. The van der Waals surface area contributed by atoms with Crippen LogP contribution in [0.4, 0.5) is 27.5 Å². The lowest BCUT2D eigenvalue weighted by Crippen LogP contribution is -2.36. The van der Waals surface area contributed by atoms with Crippen LogP contribution in [0.5, 0.6) is 0 Å². The molecule has 12 rings (SSSR count). The Labute approximate surface area is 408 Å². The Kier molecular flexibility index (Phi) is 13.4. The third-order valence-corrected chi connectivity index (χ3v) is 16.2. The number of nitrogens with zero attached hydrogens (tertiary/aromatic N) is 10. The monoisotopic (exact) mass is 1000 g/mol. The largest absolute Gasteiger partial charge is 0.399 e. The van der Waals surface area contributed by atoms with Gasteiger partial charge in [-0.2, -0.15) is 0 Å². The molecule has 4 aliphatic heterocycles. The van der Waals surface area contributed by atoms with Crippen LogP contribution < -0.4 is 20.9 Å². The normalized spacial score (nSPS) is 17.0. The van der Waals surface area contributed by atoms with Crippen LogP contribution in [0.1, 0.15) is 50.2 Å². The number of anilines is 5. The number of pyridine rings is 2. The molecular weight excluding hydrogens is 945 g/mol. The summed E-state index contributed by atoms with van der Waals surface area (Å²) in [6.45, 7) is 20.2. The van der Waals surface area contributed by atoms with Crippen molar-refractivity contribution in [2.24, 2.45) is 14.1 Å². The predicted octanol–water partition coefficient (Wildman–Crippen LogP) is 9.35. The summed E-state index contributed by atoms with van der Waals surface area (Å²) >= 11 is 6.90. The lowest BCUT2D eigenvalue weighted by atomic mass is 10.0. The zero-order valence-corrected chi connectivity index (χ0v) is 42.6. The number of morpholine rings is 2. The Morgan fingerprint density at radius 2 is 1.12 bits per heavy atom. The van der Waals surface area contributed by atoms with Crippen LogP contribution in [-0.2, 0) is 49.5 Å². The van der Waals surface area contributed by atoms with Crippen molar-refractivity contribution < 1.29 is 9.47 Å². The van der Waals surface area contributed by atoms with Gasteiger partial charge < -0.3 is 39.5 Å². The Bertz CT molecular complexity index is 3040. The molecule has 6 aromatic heterocycles. The molecule has 0 radical (unpaired) electrons. The van der Waals surface area contributed by atoms with Crippen molar-refractivity contribution in [3.8, 4) is 0 Å². The smallest absolute Gasteiger partial charge is 0.186 e. The topological polar surface area (TPSA) is 131 Å². The van der Waals surface area contributed by atoms with Gasteiger partial charge in [-0.15, -0.1) is 0 Å². The molecule has 2 saturated heterocycles. The molecular formula is C50H61BrN12O2S2. The summed E-state index contributed by atoms with van der Waals surface area (Å²) in [4.78, 5) is 28.7. The van der Waals surface area contributed by atoms with E-state index in [4.69, 9.17) is 25.2 Å². The Morgan fingerprint density at radius 3 is 1.67 bits per heavy atom. The van der Waals surface area contributed by atoms with Crippen LogP contribution in [-0.4, -0.2) is 117 Å². The van der Waals surface area contributed by atoms with E-state index in [-0.39, 0.29) is 0 Å². The average molecular weight is 1010 g/mol. The maximum atomic E-state index is 5.76. The molecule has 0 amide bonds. The minimum atomic E-state index is 0.563. The number of aryl methyl sites for hydroxylation is 2. The minimum absolute atomic E-state index is 0.563. The van der Waals surface area contributed by atoms with Crippen LogP contribution in [0.3, 0.4) is 0 Å². The highest BCUT2D eigenvalue weighted by atomic mass is 79.9. The molecule has 3 N–H and O–H groups in total. The second-order valence-corrected chi connectivity index (χ2v) is 21.2. The molecule has 0 atom stereocenters. The summed E-state index contributed by atoms with van der Waals surface area (Å²) in [5.74, 6) is 0.874. The lowest BCUT2D eigenvalue weighted by molar-refractivity contribution is 0.122. The number of fused-ring (bicyclic) bond motifs is 8. The third kappa shape index (κ3) is 9.61. The number of hydrogen-bond acceptors (Lipinski definition) is 14. The van der Waals surface area contributed by atoms with E-state index in [1.165, 1.54) is 38.0 Å². The van der Waals surface area contributed by atoms with E-state index in [9.17, 15) is 0 Å². The summed E-state index contributed by atoms with van der Waals surface area (Å²) in [7, 11) is 4.28. The van der Waals surface area contributed by atoms with Crippen LogP contribution in [0, 0.1) is 0 Å². The number of nitrogen functional groups attached to an aromatic ring is 1. The Morgan fingerprint density at radius 1 is 0.612 bits per heavy atom. The van der Waals surface area contributed by atoms with Gasteiger partial charge in [0.25, 0.3) is 0 Å². The second kappa shape index (κ2) is 19.6. The lowest BCUT2D eigenvalue weighted by Gasteiger charge is -2.30. The fourth-order valence-electron chi connectivity index (χ4n) is 9.68. The van der Waals surface area contributed by atoms with Crippen LogP contribution in [0.2, 0.25) is 0 Å². The van der Waals surface area contributed by atoms with Crippen LogP contribution in [0.25, 0.3) is 42.5 Å². The van der Waals surface area contributed by atoms with E-state index in [0.29, 0.717) is 12.1 Å². The number of aromatic nitrogens is 6. The van der Waals surface area contributed by atoms with Gasteiger partial charge in [0, 0.05) is 125 Å². The molecule has 0 unspecified atom stereocenters. The van der Waals surface area contributed by atoms with Gasteiger partial charge in [-0.05, 0) is 115 Å². The van der Waals surface area contributed by atoms with E-state index in [1.807, 2.05) is 24.3 Å². The third-order valence-electron chi connectivity index (χ3n) is 13.6. The van der Waals surface area contributed by atoms with E-state index in [2.05, 4.69) is 138 Å². The average Bonchev–Trinajstić information content (AvgIpc) is 4.11. The standard InChI is InChI=1S/C25H30N6OS.C14H18BrN3.C11H13N3OS/c1-16(2)31-9-8-21-19(15-31)18-5-7-23(28-24(18)29(21)3)26-17-4-6-20-22(14-17)33-25(27-20)30-10-12-32-13-11-30;1-9(2)18-7-6-12-11(8-18)10-4-5-13(15)16-14(10)17(12)3;12-8-1-2-9-10(7-8)16-11(13-9)14-3-5-15-6-4-14/h4-7,14,16H,8-13,15H2,1-3H3,(H,26,28);4-5,9H,6-8H2,1-3H3;1-2,7H,3-6,12H2. The van der Waals surface area contributed by atoms with E-state index in [0.717, 1.165) is 151 Å². The van der Waals surface area contributed by atoms with E-state index in [1.54, 1.807) is 22.7 Å². The highest BCUT2D eigenvalue weighted by Crippen LogP contribution is 2.35. The minimum Gasteiger partial charge on any atom is -0.399 e. The van der Waals surface area contributed by atoms with Crippen molar-refractivity contribution in [1.29, 1.82) is 0 Å². The van der Waals surface area contributed by atoms with Gasteiger partial charge in [0.15, 0.2) is 10.3 Å². The van der Waals surface area contributed by atoms with Gasteiger partial charge >= 0.3 is 0 Å². The number of benzene rings is 2. The zero-order chi connectivity index (χ0) is 46.3. The summed E-state index contributed by atoms with van der Waals surface area (Å²) in [5, 5.41) is 8.25. The number of rotatable bonds is 6. The summed E-state index contributed by atoms with van der Waals surface area (Å²) in [5.41, 5.74) is 17.6. The molecule has 10 heterocycles. The number of nitrogens with one attached hydrogen (secondary N) is 1. The zero-order valence-electron chi connectivity index (χ0n) is 39.4. The molecule has 0 spiro atoms. The first-order valence-corrected chi connectivity index (χ1v) is 26.0. The molecule has 14 nitrogen and oxygen atoms in total. The number of thiazole rings is 2. The molecule has 0 saturated carbocycles. The first kappa shape index (κ1) is 45.9. The van der Waals surface area contributed by atoms with Crippen molar-refractivity contribution in [2.75, 3.05) is 86.5 Å². The Balaban J connectivity index is 0.000000130. The molecule has 0 aliphatic carbocycles. The summed E-state index contributed by atoms with van der Waals surface area (Å²) in [6, 6.07) is 22.0. The first-order chi connectivity index (χ1) is 32.5. The van der Waals surface area contributed by atoms with Gasteiger partial charge in [0.05, 0.1) is 46.9 Å². The maximum absolute atomic E-state index is 5.76. The van der Waals surface area contributed by atoms with Gasteiger partial charge in [-0.25, -0.2) is 19.9 Å². The fourth-order valence-corrected chi connectivity index (χ4v) is 12.1. The number of ether oxygens (including phenoxy) is 2. The summed E-state index contributed by atoms with van der Waals surface area (Å²) in [6.07, 6.45) is 2.20.